The molecule has 0 bridgehead atoms. The highest BCUT2D eigenvalue weighted by atomic mass is 32.2. The van der Waals surface area contributed by atoms with E-state index in [0.29, 0.717) is 11.5 Å². The number of carbonyl (C=O) groups is 1. The molecule has 0 aliphatic carbocycles. The zero-order chi connectivity index (χ0) is 17.7. The Hall–Kier alpha value is -2.20. The van der Waals surface area contributed by atoms with Crippen molar-refractivity contribution >= 4 is 27.3 Å². The van der Waals surface area contributed by atoms with E-state index < -0.39 is 21.9 Å². The summed E-state index contributed by atoms with van der Waals surface area (Å²) in [6, 6.07) is 6.44. The van der Waals surface area contributed by atoms with Gasteiger partial charge in [-0.25, -0.2) is 13.2 Å². The van der Waals surface area contributed by atoms with Gasteiger partial charge in [-0.2, -0.15) is 9.36 Å². The third kappa shape index (κ3) is 4.90. The summed E-state index contributed by atoms with van der Waals surface area (Å²) in [7, 11) is -3.46. The molecule has 0 saturated heterocycles. The molecule has 0 fully saturated rings. The van der Waals surface area contributed by atoms with Crippen molar-refractivity contribution < 1.29 is 27.4 Å². The first-order chi connectivity index (χ1) is 11.3. The Morgan fingerprint density at radius 3 is 2.42 bits per heavy atom. The number of nitrogens with zero attached hydrogens (tertiary/aromatic N) is 2. The van der Waals surface area contributed by atoms with E-state index >= 15 is 0 Å². The Balaban J connectivity index is 1.99. The lowest BCUT2D eigenvalue weighted by atomic mass is 10.3. The molecule has 1 heterocycles. The largest absolute Gasteiger partial charge is 0.479 e. The van der Waals surface area contributed by atoms with Gasteiger partial charge in [0.05, 0.1) is 6.61 Å². The van der Waals surface area contributed by atoms with Crippen LogP contribution in [-0.4, -0.2) is 42.7 Å². The van der Waals surface area contributed by atoms with Gasteiger partial charge in [0.25, 0.3) is 10.4 Å². The second-order valence-corrected chi connectivity index (χ2v) is 7.32. The number of rotatable bonds is 7. The normalized spacial score (nSPS) is 12.5. The van der Waals surface area contributed by atoms with Crippen LogP contribution in [0.15, 0.2) is 29.4 Å². The molecule has 130 valence electrons. The molecule has 0 aliphatic rings. The first kappa shape index (κ1) is 18.1. The minimum Gasteiger partial charge on any atom is -0.479 e. The topological polar surface area (TPSA) is 105 Å². The van der Waals surface area contributed by atoms with Gasteiger partial charge in [0, 0.05) is 17.8 Å². The lowest BCUT2D eigenvalue weighted by molar-refractivity contribution is -0.150. The molecule has 8 nitrogen and oxygen atoms in total. The average molecular weight is 372 g/mol. The van der Waals surface area contributed by atoms with Crippen LogP contribution < -0.4 is 9.47 Å². The van der Waals surface area contributed by atoms with E-state index in [9.17, 15) is 13.2 Å². The predicted octanol–water partition coefficient (Wildman–Crippen LogP) is 2.06. The molecular weight excluding hydrogens is 356 g/mol. The van der Waals surface area contributed by atoms with Crippen LogP contribution >= 0.6 is 11.5 Å². The third-order valence-electron chi connectivity index (χ3n) is 2.68. The van der Waals surface area contributed by atoms with Crippen LogP contribution in [0.2, 0.25) is 0 Å². The summed E-state index contributed by atoms with van der Waals surface area (Å²) in [4.78, 5) is 15.3. The molecular formula is C14H16N2O6S2. The number of benzene rings is 1. The number of esters is 1. The fraction of sp³-hybridized carbons (Fsp3) is 0.357. The second kappa shape index (κ2) is 7.58. The highest BCUT2D eigenvalue weighted by molar-refractivity contribution is 7.90. The maximum atomic E-state index is 11.5. The number of hydrogen-bond acceptors (Lipinski definition) is 9. The van der Waals surface area contributed by atoms with Gasteiger partial charge in [-0.05, 0) is 38.1 Å². The minimum atomic E-state index is -3.46. The van der Waals surface area contributed by atoms with E-state index in [1.807, 2.05) is 0 Å². The Labute approximate surface area is 143 Å². The number of hydrogen-bond donors (Lipinski definition) is 0. The average Bonchev–Trinajstić information content (AvgIpc) is 2.98. The zero-order valence-corrected chi connectivity index (χ0v) is 14.9. The number of ether oxygens (including phenoxy) is 3. The Morgan fingerprint density at radius 2 is 1.88 bits per heavy atom. The molecule has 1 atom stereocenters. The molecule has 0 aliphatic heterocycles. The summed E-state index contributed by atoms with van der Waals surface area (Å²) >= 11 is 0.841. The van der Waals surface area contributed by atoms with E-state index in [0.717, 1.165) is 17.8 Å². The van der Waals surface area contributed by atoms with E-state index in [-0.39, 0.29) is 17.0 Å². The van der Waals surface area contributed by atoms with Gasteiger partial charge in [-0.15, -0.1) is 0 Å². The van der Waals surface area contributed by atoms with Crippen molar-refractivity contribution in [1.29, 1.82) is 0 Å². The van der Waals surface area contributed by atoms with E-state index in [1.54, 1.807) is 38.1 Å². The van der Waals surface area contributed by atoms with Gasteiger partial charge in [0.2, 0.25) is 9.84 Å². The Kier molecular flexibility index (Phi) is 5.73. The third-order valence-corrected chi connectivity index (χ3v) is 4.24. The van der Waals surface area contributed by atoms with E-state index in [1.165, 1.54) is 0 Å². The zero-order valence-electron chi connectivity index (χ0n) is 13.3. The first-order valence-corrected chi connectivity index (χ1v) is 9.61. The van der Waals surface area contributed by atoms with Crippen LogP contribution in [0, 0.1) is 0 Å². The molecule has 2 aromatic rings. The molecule has 1 aromatic carbocycles. The summed E-state index contributed by atoms with van der Waals surface area (Å²) in [5.74, 6) is 0.458. The van der Waals surface area contributed by atoms with Crippen molar-refractivity contribution in [3.8, 4) is 16.7 Å². The van der Waals surface area contributed by atoms with Crippen LogP contribution in [0.1, 0.15) is 13.8 Å². The summed E-state index contributed by atoms with van der Waals surface area (Å²) in [5.41, 5.74) is 0. The lowest BCUT2D eigenvalue weighted by Gasteiger charge is -2.13. The molecule has 0 saturated carbocycles. The standard InChI is InChI=1S/C14H16N2O6S2/c1-4-20-12(17)9(2)21-10-5-7-11(8-6-10)22-14-15-13(16-23-14)24(3,18)19/h5-9H,4H2,1-3H3/t9-/m0/s1. The Morgan fingerprint density at radius 1 is 1.25 bits per heavy atom. The fourth-order valence-electron chi connectivity index (χ4n) is 1.59. The van der Waals surface area contributed by atoms with Crippen LogP contribution in [0.5, 0.6) is 16.7 Å². The molecule has 0 N–H and O–H groups in total. The smallest absolute Gasteiger partial charge is 0.347 e. The van der Waals surface area contributed by atoms with E-state index in [4.69, 9.17) is 14.2 Å². The highest BCUT2D eigenvalue weighted by Crippen LogP contribution is 2.26. The lowest BCUT2D eigenvalue weighted by Crippen LogP contribution is -2.25. The fourth-order valence-corrected chi connectivity index (χ4v) is 3.01. The molecule has 0 amide bonds. The van der Waals surface area contributed by atoms with Gasteiger partial charge < -0.3 is 14.2 Å². The Bertz CT molecular complexity index is 801. The van der Waals surface area contributed by atoms with Gasteiger partial charge in [-0.1, -0.05) is 0 Å². The molecule has 0 radical (unpaired) electrons. The molecule has 2 rings (SSSR count). The molecule has 24 heavy (non-hydrogen) atoms. The van der Waals surface area contributed by atoms with Crippen molar-refractivity contribution in [1.82, 2.24) is 9.36 Å². The van der Waals surface area contributed by atoms with Crippen molar-refractivity contribution in [3.63, 3.8) is 0 Å². The van der Waals surface area contributed by atoms with Crippen molar-refractivity contribution in [2.45, 2.75) is 25.1 Å². The number of sulfone groups is 1. The summed E-state index contributed by atoms with van der Waals surface area (Å²) in [6.45, 7) is 3.60. The molecule has 1 aromatic heterocycles. The van der Waals surface area contributed by atoms with Crippen molar-refractivity contribution in [3.05, 3.63) is 24.3 Å². The van der Waals surface area contributed by atoms with E-state index in [2.05, 4.69) is 9.36 Å². The van der Waals surface area contributed by atoms with Crippen LogP contribution in [-0.2, 0) is 19.4 Å². The minimum absolute atomic E-state index is 0.115. The van der Waals surface area contributed by atoms with Crippen LogP contribution in [0.3, 0.4) is 0 Å². The SMILES string of the molecule is CCOC(=O)[C@H](C)Oc1ccc(Oc2nc(S(C)(=O)=O)ns2)cc1. The predicted molar refractivity (Wildman–Crippen MR) is 86.3 cm³/mol. The van der Waals surface area contributed by atoms with Gasteiger partial charge >= 0.3 is 5.97 Å². The van der Waals surface area contributed by atoms with Gasteiger partial charge in [0.1, 0.15) is 11.5 Å². The number of carbonyl (C=O) groups excluding carboxylic acids is 1. The molecule has 0 unspecified atom stereocenters. The maximum Gasteiger partial charge on any atom is 0.347 e. The maximum absolute atomic E-state index is 11.5. The van der Waals surface area contributed by atoms with Crippen LogP contribution in [0.25, 0.3) is 0 Å². The van der Waals surface area contributed by atoms with Crippen LogP contribution in [0.4, 0.5) is 0 Å². The summed E-state index contributed by atoms with van der Waals surface area (Å²) in [6.07, 6.45) is 0.299. The highest BCUT2D eigenvalue weighted by Gasteiger charge is 2.17. The van der Waals surface area contributed by atoms with Crippen molar-refractivity contribution in [2.75, 3.05) is 12.9 Å². The summed E-state index contributed by atoms with van der Waals surface area (Å²) in [5, 5.41) is -0.158. The molecule has 0 spiro atoms. The second-order valence-electron chi connectivity index (χ2n) is 4.70. The first-order valence-electron chi connectivity index (χ1n) is 6.94. The van der Waals surface area contributed by atoms with Gasteiger partial charge in [0.15, 0.2) is 6.10 Å². The summed E-state index contributed by atoms with van der Waals surface area (Å²) < 4.78 is 42.1. The van der Waals surface area contributed by atoms with Crippen molar-refractivity contribution in [2.24, 2.45) is 0 Å². The van der Waals surface area contributed by atoms with Gasteiger partial charge in [-0.3, -0.25) is 0 Å². The quantitative estimate of drug-likeness (QED) is 0.680. The monoisotopic (exact) mass is 372 g/mol. The molecule has 10 heteroatoms. The number of aromatic nitrogens is 2.